The van der Waals surface area contributed by atoms with Gasteiger partial charge < -0.3 is 31.5 Å². The van der Waals surface area contributed by atoms with Gasteiger partial charge in [0.15, 0.2) is 11.4 Å². The Labute approximate surface area is 242 Å². The molecule has 3 aromatic carbocycles. The molecule has 0 bridgehead atoms. The van der Waals surface area contributed by atoms with Gasteiger partial charge in [-0.15, -0.1) is 0 Å². The van der Waals surface area contributed by atoms with Crippen molar-refractivity contribution in [1.29, 1.82) is 0 Å². The number of Topliss-reactive ketones (excluding diaryl/α,β-unsaturated/α-hetero) is 2. The normalized spacial score (nSPS) is 23.7. The summed E-state index contributed by atoms with van der Waals surface area (Å²) in [6.45, 7) is 4.86. The van der Waals surface area contributed by atoms with Crippen LogP contribution in [0.4, 0.5) is 0 Å². The molecule has 3 aliphatic rings. The van der Waals surface area contributed by atoms with Crippen LogP contribution in [0.25, 0.3) is 27.7 Å². The molecule has 0 radical (unpaired) electrons. The molecule has 6 rings (SSSR count). The van der Waals surface area contributed by atoms with Crippen molar-refractivity contribution in [3.05, 3.63) is 82.1 Å². The summed E-state index contributed by atoms with van der Waals surface area (Å²) in [6, 6.07) is 15.6. The summed E-state index contributed by atoms with van der Waals surface area (Å²) in [5, 5.41) is 50.2. The zero-order chi connectivity index (χ0) is 30.1. The molecule has 1 amide bonds. The van der Waals surface area contributed by atoms with Crippen LogP contribution >= 0.6 is 0 Å². The molecular formula is C33H32N2O7. The van der Waals surface area contributed by atoms with E-state index < -0.39 is 52.0 Å². The van der Waals surface area contributed by atoms with Gasteiger partial charge in [-0.3, -0.25) is 14.4 Å². The second-order valence-corrected chi connectivity index (χ2v) is 11.7. The summed E-state index contributed by atoms with van der Waals surface area (Å²) < 4.78 is 0. The number of hydrogen-bond acceptors (Lipinski definition) is 8. The zero-order valence-electron chi connectivity index (χ0n) is 23.3. The number of carbonyl (C=O) groups is 3. The summed E-state index contributed by atoms with van der Waals surface area (Å²) in [7, 11) is 0. The van der Waals surface area contributed by atoms with Gasteiger partial charge >= 0.3 is 0 Å². The van der Waals surface area contributed by atoms with Crippen molar-refractivity contribution >= 4 is 34.0 Å². The molecular weight excluding hydrogens is 536 g/mol. The number of primary amides is 1. The van der Waals surface area contributed by atoms with E-state index in [1.165, 1.54) is 6.07 Å². The molecule has 1 fully saturated rings. The van der Waals surface area contributed by atoms with E-state index in [1.807, 2.05) is 24.3 Å². The predicted octanol–water partition coefficient (Wildman–Crippen LogP) is 3.74. The summed E-state index contributed by atoms with van der Waals surface area (Å²) in [5.41, 5.74) is 5.24. The van der Waals surface area contributed by atoms with Gasteiger partial charge in [0.05, 0.1) is 5.56 Å². The van der Waals surface area contributed by atoms with Gasteiger partial charge in [-0.1, -0.05) is 56.3 Å². The molecule has 0 unspecified atom stereocenters. The van der Waals surface area contributed by atoms with Crippen molar-refractivity contribution in [2.75, 3.05) is 0 Å². The van der Waals surface area contributed by atoms with Crippen molar-refractivity contribution in [3.8, 4) is 16.9 Å². The van der Waals surface area contributed by atoms with Gasteiger partial charge in [-0.25, -0.2) is 0 Å². The quantitative estimate of drug-likeness (QED) is 0.253. The lowest BCUT2D eigenvalue weighted by Crippen LogP contribution is -2.58. The number of aliphatic hydroxyl groups excluding tert-OH is 2. The topological polar surface area (TPSA) is 170 Å². The molecule has 9 heteroatoms. The number of aromatic hydroxyl groups is 1. The standard InChI is InChI=1S/C33H32N2O7/c1-15(2)35-14-16-7-8-21(20-6-4-3-5-19(16)20)22-9-10-24(36)27-23(22)12-17-11-18-13-25(37)28(32(34)41)31(40)33(18,42)30(39)26(17)29(27)38/h3-10,15,17-18,35-36,38,40,42H,11-14H2,1-2H3,(H2,34,41)/t17-,18+,33+/m1/s1. The SMILES string of the molecule is CC(C)NCc1ccc(-c2ccc(O)c3c2C[C@H]2C[C@H]4CC(=O)C(C(N)=O)=C(O)[C@@]4(O)C(=O)C2=C3O)c2ccccc12. The van der Waals surface area contributed by atoms with Crippen LogP contribution in [0.2, 0.25) is 0 Å². The Morgan fingerprint density at radius 1 is 1.00 bits per heavy atom. The van der Waals surface area contributed by atoms with E-state index in [-0.39, 0.29) is 36.1 Å². The van der Waals surface area contributed by atoms with Crippen molar-refractivity contribution in [2.24, 2.45) is 17.6 Å². The van der Waals surface area contributed by atoms with E-state index in [9.17, 15) is 34.8 Å². The number of fused-ring (bicyclic) bond motifs is 4. The molecule has 0 spiro atoms. The second-order valence-electron chi connectivity index (χ2n) is 11.7. The summed E-state index contributed by atoms with van der Waals surface area (Å²) in [4.78, 5) is 38.3. The fourth-order valence-electron chi connectivity index (χ4n) is 6.94. The maximum Gasteiger partial charge on any atom is 0.255 e. The fourth-order valence-corrected chi connectivity index (χ4v) is 6.94. The van der Waals surface area contributed by atoms with Crippen LogP contribution in [-0.4, -0.2) is 49.5 Å². The van der Waals surface area contributed by atoms with Crippen LogP contribution < -0.4 is 11.1 Å². The molecule has 0 aromatic heterocycles. The number of nitrogens with one attached hydrogen (secondary N) is 1. The van der Waals surface area contributed by atoms with Crippen LogP contribution in [0.5, 0.6) is 5.75 Å². The highest BCUT2D eigenvalue weighted by molar-refractivity contribution is 6.22. The van der Waals surface area contributed by atoms with Crippen molar-refractivity contribution in [2.45, 2.75) is 51.3 Å². The van der Waals surface area contributed by atoms with Crippen molar-refractivity contribution in [3.63, 3.8) is 0 Å². The van der Waals surface area contributed by atoms with Gasteiger partial charge in [0, 0.05) is 30.5 Å². The van der Waals surface area contributed by atoms with Gasteiger partial charge in [0.25, 0.3) is 5.91 Å². The Morgan fingerprint density at radius 3 is 2.38 bits per heavy atom. The van der Waals surface area contributed by atoms with Crippen LogP contribution in [0, 0.1) is 11.8 Å². The van der Waals surface area contributed by atoms with Crippen LogP contribution in [0.1, 0.15) is 43.4 Å². The van der Waals surface area contributed by atoms with Gasteiger partial charge in [0.1, 0.15) is 22.8 Å². The molecule has 0 aliphatic heterocycles. The smallest absolute Gasteiger partial charge is 0.255 e. The molecule has 42 heavy (non-hydrogen) atoms. The highest BCUT2D eigenvalue weighted by Gasteiger charge is 2.60. The van der Waals surface area contributed by atoms with E-state index in [4.69, 9.17) is 5.73 Å². The minimum Gasteiger partial charge on any atom is -0.508 e. The van der Waals surface area contributed by atoms with E-state index in [2.05, 4.69) is 31.3 Å². The predicted molar refractivity (Wildman–Crippen MR) is 156 cm³/mol. The Kier molecular flexibility index (Phi) is 6.47. The van der Waals surface area contributed by atoms with E-state index in [0.717, 1.165) is 27.5 Å². The number of aliphatic hydroxyl groups is 3. The first kappa shape index (κ1) is 27.7. The number of carbonyl (C=O) groups excluding carboxylic acids is 3. The van der Waals surface area contributed by atoms with Crippen molar-refractivity contribution in [1.82, 2.24) is 5.32 Å². The number of nitrogens with two attached hydrogens (primary N) is 1. The Balaban J connectivity index is 1.52. The highest BCUT2D eigenvalue weighted by Crippen LogP contribution is 2.53. The van der Waals surface area contributed by atoms with Gasteiger partial charge in [-0.2, -0.15) is 0 Å². The molecule has 7 N–H and O–H groups in total. The molecule has 3 aliphatic carbocycles. The molecule has 0 heterocycles. The number of amides is 1. The molecule has 3 aromatic rings. The first-order valence-corrected chi connectivity index (χ1v) is 14.0. The maximum absolute atomic E-state index is 13.8. The number of benzene rings is 3. The molecule has 3 atom stereocenters. The summed E-state index contributed by atoms with van der Waals surface area (Å²) >= 11 is 0. The average Bonchev–Trinajstić information content (AvgIpc) is 2.93. The first-order chi connectivity index (χ1) is 19.9. The van der Waals surface area contributed by atoms with Crippen LogP contribution in [0.3, 0.4) is 0 Å². The number of ketones is 2. The first-order valence-electron chi connectivity index (χ1n) is 14.0. The number of phenols is 1. The third-order valence-corrected chi connectivity index (χ3v) is 8.95. The number of rotatable bonds is 5. The zero-order valence-corrected chi connectivity index (χ0v) is 23.3. The monoisotopic (exact) mass is 568 g/mol. The van der Waals surface area contributed by atoms with E-state index in [0.29, 0.717) is 18.2 Å². The van der Waals surface area contributed by atoms with Gasteiger partial charge in [-0.05, 0) is 57.9 Å². The fraction of sp³-hybridized carbons (Fsp3) is 0.303. The Bertz CT molecular complexity index is 1770. The molecule has 0 saturated heterocycles. The van der Waals surface area contributed by atoms with E-state index >= 15 is 0 Å². The van der Waals surface area contributed by atoms with Gasteiger partial charge in [0.2, 0.25) is 5.78 Å². The lowest BCUT2D eigenvalue weighted by atomic mass is 9.59. The number of phenolic OH excluding ortho intramolecular Hbond substituents is 1. The molecule has 9 nitrogen and oxygen atoms in total. The summed E-state index contributed by atoms with van der Waals surface area (Å²) in [5.74, 6) is -6.43. The molecule has 1 saturated carbocycles. The molecule has 216 valence electrons. The minimum absolute atomic E-state index is 0.0780. The van der Waals surface area contributed by atoms with Crippen LogP contribution in [0.15, 0.2) is 65.4 Å². The lowest BCUT2D eigenvalue weighted by Gasteiger charge is -2.46. The Morgan fingerprint density at radius 2 is 1.69 bits per heavy atom. The lowest BCUT2D eigenvalue weighted by molar-refractivity contribution is -0.147. The third-order valence-electron chi connectivity index (χ3n) is 8.95. The van der Waals surface area contributed by atoms with E-state index in [1.54, 1.807) is 6.07 Å². The van der Waals surface area contributed by atoms with Crippen molar-refractivity contribution < 1.29 is 34.8 Å². The largest absolute Gasteiger partial charge is 0.508 e. The van der Waals surface area contributed by atoms with Crippen LogP contribution in [-0.2, 0) is 27.3 Å². The average molecular weight is 569 g/mol. The summed E-state index contributed by atoms with van der Waals surface area (Å²) in [6.07, 6.45) is -0.0347. The highest BCUT2D eigenvalue weighted by atomic mass is 16.3. The maximum atomic E-state index is 13.8. The minimum atomic E-state index is -2.58. The third kappa shape index (κ3) is 3.95. The Hall–Kier alpha value is -4.47. The second kappa shape index (κ2) is 9.82. The number of hydrogen-bond donors (Lipinski definition) is 6.